The molecule has 1 fully saturated rings. The lowest BCUT2D eigenvalue weighted by Crippen LogP contribution is -2.33. The average molecular weight is 255 g/mol. The Bertz CT molecular complexity index is 258. The van der Waals surface area contributed by atoms with E-state index in [0.717, 1.165) is 6.42 Å². The van der Waals surface area contributed by atoms with Gasteiger partial charge in [0.15, 0.2) is 0 Å². The second kappa shape index (κ2) is 6.20. The SMILES string of the molecule is O=C(COCC(F)(F)F)NCC1CCC(O)C1. The predicted octanol–water partition coefficient (Wildman–Crippen LogP) is 0.843. The summed E-state index contributed by atoms with van der Waals surface area (Å²) in [7, 11) is 0. The van der Waals surface area contributed by atoms with E-state index >= 15 is 0 Å². The number of carbonyl (C=O) groups excluding carboxylic acids is 1. The Morgan fingerprint density at radius 3 is 2.65 bits per heavy atom. The van der Waals surface area contributed by atoms with Gasteiger partial charge < -0.3 is 15.2 Å². The first-order chi connectivity index (χ1) is 7.87. The molecule has 0 radical (unpaired) electrons. The van der Waals surface area contributed by atoms with Crippen LogP contribution in [0.15, 0.2) is 0 Å². The zero-order chi connectivity index (χ0) is 12.9. The van der Waals surface area contributed by atoms with Crippen LogP contribution in [0, 0.1) is 5.92 Å². The molecule has 1 saturated carbocycles. The van der Waals surface area contributed by atoms with E-state index in [9.17, 15) is 23.1 Å². The van der Waals surface area contributed by atoms with Crippen LogP contribution in [0.4, 0.5) is 13.2 Å². The zero-order valence-corrected chi connectivity index (χ0v) is 9.29. The summed E-state index contributed by atoms with van der Waals surface area (Å²) < 4.78 is 39.3. The van der Waals surface area contributed by atoms with Gasteiger partial charge in [0.2, 0.25) is 5.91 Å². The lowest BCUT2D eigenvalue weighted by Gasteiger charge is -2.11. The van der Waals surface area contributed by atoms with Crippen molar-refractivity contribution >= 4 is 5.91 Å². The molecule has 0 saturated heterocycles. The molecule has 2 unspecified atom stereocenters. The Morgan fingerprint density at radius 1 is 1.41 bits per heavy atom. The maximum atomic E-state index is 11.7. The number of halogens is 3. The van der Waals surface area contributed by atoms with Crippen molar-refractivity contribution in [2.45, 2.75) is 31.5 Å². The van der Waals surface area contributed by atoms with Gasteiger partial charge in [-0.2, -0.15) is 13.2 Å². The summed E-state index contributed by atoms with van der Waals surface area (Å²) in [5.41, 5.74) is 0. The molecule has 0 aromatic rings. The maximum absolute atomic E-state index is 11.7. The Balaban J connectivity index is 2.05. The van der Waals surface area contributed by atoms with E-state index in [1.165, 1.54) is 0 Å². The zero-order valence-electron chi connectivity index (χ0n) is 9.29. The van der Waals surface area contributed by atoms with Crippen LogP contribution in [-0.2, 0) is 9.53 Å². The number of ether oxygens (including phenoxy) is 1. The van der Waals surface area contributed by atoms with E-state index < -0.39 is 25.3 Å². The predicted molar refractivity (Wildman–Crippen MR) is 53.2 cm³/mol. The third-order valence-electron chi connectivity index (χ3n) is 2.60. The number of nitrogens with one attached hydrogen (secondary N) is 1. The standard InChI is InChI=1S/C10H16F3NO3/c11-10(12,13)6-17-5-9(16)14-4-7-1-2-8(15)3-7/h7-8,15H,1-6H2,(H,14,16). The van der Waals surface area contributed by atoms with Crippen molar-refractivity contribution in [1.29, 1.82) is 0 Å². The summed E-state index contributed by atoms with van der Waals surface area (Å²) in [6, 6.07) is 0. The number of amides is 1. The van der Waals surface area contributed by atoms with Crippen molar-refractivity contribution in [3.8, 4) is 0 Å². The largest absolute Gasteiger partial charge is 0.411 e. The van der Waals surface area contributed by atoms with E-state index in [2.05, 4.69) is 10.1 Å². The first-order valence-electron chi connectivity index (χ1n) is 5.46. The van der Waals surface area contributed by atoms with E-state index in [1.807, 2.05) is 0 Å². The Hall–Kier alpha value is -0.820. The Labute approximate surface area is 97.1 Å². The first kappa shape index (κ1) is 14.2. The van der Waals surface area contributed by atoms with E-state index in [-0.39, 0.29) is 12.0 Å². The molecule has 1 rings (SSSR count). The quantitative estimate of drug-likeness (QED) is 0.765. The lowest BCUT2D eigenvalue weighted by atomic mass is 10.1. The van der Waals surface area contributed by atoms with Gasteiger partial charge in [0.05, 0.1) is 6.10 Å². The monoisotopic (exact) mass is 255 g/mol. The van der Waals surface area contributed by atoms with Crippen LogP contribution in [-0.4, -0.2) is 43.1 Å². The van der Waals surface area contributed by atoms with Crippen molar-refractivity contribution in [3.63, 3.8) is 0 Å². The molecule has 17 heavy (non-hydrogen) atoms. The highest BCUT2D eigenvalue weighted by Gasteiger charge is 2.28. The van der Waals surface area contributed by atoms with Crippen LogP contribution in [0.25, 0.3) is 0 Å². The van der Waals surface area contributed by atoms with Crippen molar-refractivity contribution in [2.24, 2.45) is 5.92 Å². The molecule has 0 aliphatic heterocycles. The minimum atomic E-state index is -4.41. The van der Waals surface area contributed by atoms with Gasteiger partial charge >= 0.3 is 6.18 Å². The highest BCUT2D eigenvalue weighted by atomic mass is 19.4. The highest BCUT2D eigenvalue weighted by Crippen LogP contribution is 2.24. The summed E-state index contributed by atoms with van der Waals surface area (Å²) in [5.74, 6) is -0.354. The fourth-order valence-corrected chi connectivity index (χ4v) is 1.80. The molecule has 7 heteroatoms. The molecule has 0 heterocycles. The van der Waals surface area contributed by atoms with Gasteiger partial charge in [0, 0.05) is 6.54 Å². The summed E-state index contributed by atoms with van der Waals surface area (Å²) in [5, 5.41) is 11.7. The van der Waals surface area contributed by atoms with Gasteiger partial charge in [-0.3, -0.25) is 4.79 Å². The van der Waals surface area contributed by atoms with Gasteiger partial charge in [-0.1, -0.05) is 0 Å². The molecule has 1 aliphatic carbocycles. The number of carbonyl (C=O) groups is 1. The van der Waals surface area contributed by atoms with Gasteiger partial charge in [-0.15, -0.1) is 0 Å². The second-order valence-corrected chi connectivity index (χ2v) is 4.24. The van der Waals surface area contributed by atoms with Crippen LogP contribution in [0.5, 0.6) is 0 Å². The maximum Gasteiger partial charge on any atom is 0.411 e. The van der Waals surface area contributed by atoms with E-state index in [4.69, 9.17) is 0 Å². The van der Waals surface area contributed by atoms with Gasteiger partial charge in [0.25, 0.3) is 0 Å². The van der Waals surface area contributed by atoms with Crippen LogP contribution >= 0.6 is 0 Å². The van der Waals surface area contributed by atoms with Gasteiger partial charge in [0.1, 0.15) is 13.2 Å². The highest BCUT2D eigenvalue weighted by molar-refractivity contribution is 5.77. The number of aliphatic hydroxyl groups is 1. The summed E-state index contributed by atoms with van der Waals surface area (Å²) in [6.07, 6.45) is -2.56. The average Bonchev–Trinajstić information content (AvgIpc) is 2.59. The first-order valence-corrected chi connectivity index (χ1v) is 5.46. The van der Waals surface area contributed by atoms with Gasteiger partial charge in [-0.25, -0.2) is 0 Å². The van der Waals surface area contributed by atoms with Crippen molar-refractivity contribution in [1.82, 2.24) is 5.32 Å². The van der Waals surface area contributed by atoms with E-state index in [0.29, 0.717) is 19.4 Å². The fourth-order valence-electron chi connectivity index (χ4n) is 1.80. The van der Waals surface area contributed by atoms with Crippen molar-refractivity contribution < 1.29 is 27.8 Å². The van der Waals surface area contributed by atoms with Crippen LogP contribution < -0.4 is 5.32 Å². The topological polar surface area (TPSA) is 58.6 Å². The molecule has 2 N–H and O–H groups in total. The Kier molecular flexibility index (Phi) is 5.20. The van der Waals surface area contributed by atoms with Crippen molar-refractivity contribution in [2.75, 3.05) is 19.8 Å². The summed E-state index contributed by atoms with van der Waals surface area (Å²) >= 11 is 0. The molecule has 0 aromatic heterocycles. The number of rotatable bonds is 5. The molecule has 0 bridgehead atoms. The van der Waals surface area contributed by atoms with Crippen LogP contribution in [0.1, 0.15) is 19.3 Å². The van der Waals surface area contributed by atoms with Crippen LogP contribution in [0.3, 0.4) is 0 Å². The Morgan fingerprint density at radius 2 is 2.12 bits per heavy atom. The number of hydrogen-bond acceptors (Lipinski definition) is 3. The van der Waals surface area contributed by atoms with Crippen LogP contribution in [0.2, 0.25) is 0 Å². The van der Waals surface area contributed by atoms with E-state index in [1.54, 1.807) is 0 Å². The minimum Gasteiger partial charge on any atom is -0.393 e. The normalized spacial score (nSPS) is 24.9. The summed E-state index contributed by atoms with van der Waals surface area (Å²) in [4.78, 5) is 11.1. The second-order valence-electron chi connectivity index (χ2n) is 4.24. The molecule has 0 aromatic carbocycles. The van der Waals surface area contributed by atoms with Gasteiger partial charge in [-0.05, 0) is 25.2 Å². The molecule has 4 nitrogen and oxygen atoms in total. The molecule has 1 aliphatic rings. The third-order valence-corrected chi connectivity index (χ3v) is 2.60. The number of hydrogen-bond donors (Lipinski definition) is 2. The molecular formula is C10H16F3NO3. The lowest BCUT2D eigenvalue weighted by molar-refractivity contribution is -0.175. The number of aliphatic hydroxyl groups excluding tert-OH is 1. The molecule has 100 valence electrons. The smallest absolute Gasteiger partial charge is 0.393 e. The summed E-state index contributed by atoms with van der Waals surface area (Å²) in [6.45, 7) is -1.62. The molecule has 2 atom stereocenters. The minimum absolute atomic E-state index is 0.205. The third kappa shape index (κ3) is 6.48. The molecule has 0 spiro atoms. The van der Waals surface area contributed by atoms with Crippen molar-refractivity contribution in [3.05, 3.63) is 0 Å². The fraction of sp³-hybridized carbons (Fsp3) is 0.900. The molecule has 1 amide bonds. The number of alkyl halides is 3. The molecular weight excluding hydrogens is 239 g/mol.